The van der Waals surface area contributed by atoms with Gasteiger partial charge in [0, 0.05) is 19.3 Å². The quantitative estimate of drug-likeness (QED) is 0.380. The van der Waals surface area contributed by atoms with E-state index >= 15 is 0 Å². The molecule has 0 unspecified atom stereocenters. The first-order valence-electron chi connectivity index (χ1n) is 9.37. The summed E-state index contributed by atoms with van der Waals surface area (Å²) in [7, 11) is 2.12. The average molecular weight is 417 g/mol. The van der Waals surface area contributed by atoms with Gasteiger partial charge in [-0.2, -0.15) is 5.21 Å². The normalized spacial score (nSPS) is 15.6. The van der Waals surface area contributed by atoms with Crippen LogP contribution in [-0.4, -0.2) is 49.3 Å². The maximum Gasteiger partial charge on any atom is 0.266 e. The van der Waals surface area contributed by atoms with Crippen LogP contribution in [0.4, 0.5) is 5.69 Å². The molecule has 148 valence electrons. The Kier molecular flexibility index (Phi) is 7.16. The summed E-state index contributed by atoms with van der Waals surface area (Å²) in [6.45, 7) is 3.50. The molecule has 0 radical (unpaired) electrons. The van der Waals surface area contributed by atoms with Crippen molar-refractivity contribution in [3.63, 3.8) is 0 Å². The van der Waals surface area contributed by atoms with Gasteiger partial charge in [-0.1, -0.05) is 67.5 Å². The number of aromatic nitrogens is 4. The summed E-state index contributed by atoms with van der Waals surface area (Å²) in [5, 5.41) is 13.7. The van der Waals surface area contributed by atoms with Crippen molar-refractivity contribution in [2.75, 3.05) is 18.5 Å². The van der Waals surface area contributed by atoms with E-state index in [1.807, 2.05) is 18.2 Å². The third-order valence-corrected chi connectivity index (χ3v) is 5.92. The number of H-pyrrole nitrogens is 1. The first-order valence-corrected chi connectivity index (χ1v) is 10.6. The number of benzene rings is 1. The minimum Gasteiger partial charge on any atom is -0.375 e. The number of unbranched alkanes of at least 4 members (excludes halogenated alkanes) is 3. The highest BCUT2D eigenvalue weighted by Gasteiger charge is 2.32. The van der Waals surface area contributed by atoms with Gasteiger partial charge in [-0.3, -0.25) is 9.69 Å². The van der Waals surface area contributed by atoms with Crippen molar-refractivity contribution in [2.45, 2.75) is 39.2 Å². The minimum atomic E-state index is -0.128. The van der Waals surface area contributed by atoms with Crippen molar-refractivity contribution in [3.05, 3.63) is 40.6 Å². The Labute approximate surface area is 174 Å². The highest BCUT2D eigenvalue weighted by Crippen LogP contribution is 2.33. The molecule has 1 aromatic heterocycles. The molecule has 2 heterocycles. The van der Waals surface area contributed by atoms with Crippen LogP contribution in [0.15, 0.2) is 29.2 Å². The standard InChI is InChI=1S/C19H24N6OS2/c1-3-4-5-6-11-24(2)15-9-7-14(8-10-15)12-16-18(26)25(19(27)28-16)13-17-20-22-23-21-17/h7-10,12H,3-6,11,13H2,1-2H3,(H,20,21,22,23). The number of carbonyl (C=O) groups is 1. The van der Waals surface area contributed by atoms with E-state index in [9.17, 15) is 4.79 Å². The van der Waals surface area contributed by atoms with Gasteiger partial charge < -0.3 is 4.90 Å². The zero-order valence-electron chi connectivity index (χ0n) is 16.1. The molecule has 1 N–H and O–H groups in total. The molecule has 2 aromatic rings. The zero-order valence-corrected chi connectivity index (χ0v) is 17.7. The molecule has 0 atom stereocenters. The van der Waals surface area contributed by atoms with Gasteiger partial charge in [0.15, 0.2) is 5.82 Å². The summed E-state index contributed by atoms with van der Waals surface area (Å²) < 4.78 is 0.504. The van der Waals surface area contributed by atoms with Gasteiger partial charge in [0.25, 0.3) is 5.91 Å². The molecule has 1 aromatic carbocycles. The van der Waals surface area contributed by atoms with Crippen molar-refractivity contribution in [1.82, 2.24) is 25.5 Å². The summed E-state index contributed by atoms with van der Waals surface area (Å²) >= 11 is 6.63. The van der Waals surface area contributed by atoms with Crippen LogP contribution in [0.25, 0.3) is 6.08 Å². The van der Waals surface area contributed by atoms with Crippen LogP contribution in [-0.2, 0) is 11.3 Å². The first kappa shape index (κ1) is 20.5. The summed E-state index contributed by atoms with van der Waals surface area (Å²) in [6.07, 6.45) is 6.89. The lowest BCUT2D eigenvalue weighted by molar-refractivity contribution is -0.122. The molecule has 1 saturated heterocycles. The van der Waals surface area contributed by atoms with E-state index in [4.69, 9.17) is 12.2 Å². The predicted octanol–water partition coefficient (Wildman–Crippen LogP) is 3.62. The molecule has 3 rings (SSSR count). The smallest absolute Gasteiger partial charge is 0.266 e. The Balaban J connectivity index is 1.62. The van der Waals surface area contributed by atoms with Crippen molar-refractivity contribution < 1.29 is 4.79 Å². The molecule has 9 heteroatoms. The van der Waals surface area contributed by atoms with Gasteiger partial charge in [0.2, 0.25) is 0 Å². The Morgan fingerprint density at radius 2 is 2.04 bits per heavy atom. The minimum absolute atomic E-state index is 0.128. The maximum atomic E-state index is 12.6. The predicted molar refractivity (Wildman–Crippen MR) is 117 cm³/mol. The molecular formula is C19H24N6OS2. The Morgan fingerprint density at radius 3 is 2.71 bits per heavy atom. The van der Waals surface area contributed by atoms with Crippen molar-refractivity contribution in [2.24, 2.45) is 0 Å². The molecule has 28 heavy (non-hydrogen) atoms. The molecular weight excluding hydrogens is 392 g/mol. The Morgan fingerprint density at radius 1 is 1.25 bits per heavy atom. The summed E-state index contributed by atoms with van der Waals surface area (Å²) in [5.74, 6) is 0.306. The van der Waals surface area contributed by atoms with Crippen LogP contribution in [0.5, 0.6) is 0 Å². The van der Waals surface area contributed by atoms with E-state index in [1.54, 1.807) is 0 Å². The summed E-state index contributed by atoms with van der Waals surface area (Å²) in [5.41, 5.74) is 2.15. The number of nitrogens with one attached hydrogen (secondary N) is 1. The van der Waals surface area contributed by atoms with E-state index in [-0.39, 0.29) is 12.5 Å². The number of tetrazole rings is 1. The van der Waals surface area contributed by atoms with Crippen LogP contribution in [0.1, 0.15) is 44.0 Å². The summed E-state index contributed by atoms with van der Waals surface area (Å²) in [4.78, 5) is 17.0. The van der Waals surface area contributed by atoms with Crippen LogP contribution in [0.2, 0.25) is 0 Å². The molecule has 0 aliphatic carbocycles. The molecule has 0 bridgehead atoms. The first-order chi connectivity index (χ1) is 13.6. The fourth-order valence-corrected chi connectivity index (χ4v) is 4.16. The lowest BCUT2D eigenvalue weighted by Gasteiger charge is -2.19. The van der Waals surface area contributed by atoms with Crippen molar-refractivity contribution >= 4 is 46.0 Å². The fraction of sp³-hybridized carbons (Fsp3) is 0.421. The van der Waals surface area contributed by atoms with Gasteiger partial charge >= 0.3 is 0 Å². The molecule has 1 amide bonds. The number of nitrogens with zero attached hydrogens (tertiary/aromatic N) is 5. The van der Waals surface area contributed by atoms with E-state index < -0.39 is 0 Å². The van der Waals surface area contributed by atoms with Crippen LogP contribution >= 0.6 is 24.0 Å². The maximum absolute atomic E-state index is 12.6. The van der Waals surface area contributed by atoms with Crippen LogP contribution < -0.4 is 4.90 Å². The highest BCUT2D eigenvalue weighted by atomic mass is 32.2. The average Bonchev–Trinajstić information content (AvgIpc) is 3.30. The topological polar surface area (TPSA) is 78.0 Å². The second-order valence-electron chi connectivity index (χ2n) is 6.67. The van der Waals surface area contributed by atoms with Crippen molar-refractivity contribution in [1.29, 1.82) is 0 Å². The van der Waals surface area contributed by atoms with Gasteiger partial charge in [0.1, 0.15) is 4.32 Å². The molecule has 0 saturated carbocycles. The van der Waals surface area contributed by atoms with Crippen LogP contribution in [0.3, 0.4) is 0 Å². The number of thiocarbonyl (C=S) groups is 1. The number of hydrogen-bond acceptors (Lipinski definition) is 7. The van der Waals surface area contributed by atoms with Gasteiger partial charge in [-0.15, -0.1) is 10.2 Å². The fourth-order valence-electron chi connectivity index (χ4n) is 2.91. The van der Waals surface area contributed by atoms with Gasteiger partial charge in [-0.05, 0) is 30.2 Å². The lowest BCUT2D eigenvalue weighted by atomic mass is 10.1. The summed E-state index contributed by atoms with van der Waals surface area (Å²) in [6, 6.07) is 8.24. The number of hydrogen-bond donors (Lipinski definition) is 1. The van der Waals surface area contributed by atoms with Crippen LogP contribution in [0, 0.1) is 0 Å². The lowest BCUT2D eigenvalue weighted by Crippen LogP contribution is -2.27. The third-order valence-electron chi connectivity index (χ3n) is 4.54. The molecule has 1 aliphatic heterocycles. The number of carbonyl (C=O) groups excluding carboxylic acids is 1. The van der Waals surface area contributed by atoms with E-state index in [1.165, 1.54) is 48.0 Å². The Bertz CT molecular complexity index is 835. The number of aromatic amines is 1. The molecule has 1 fully saturated rings. The molecule has 0 spiro atoms. The van der Waals surface area contributed by atoms with E-state index in [2.05, 4.69) is 51.6 Å². The van der Waals surface area contributed by atoms with Gasteiger partial charge in [-0.25, -0.2) is 0 Å². The highest BCUT2D eigenvalue weighted by molar-refractivity contribution is 8.26. The number of amides is 1. The second-order valence-corrected chi connectivity index (χ2v) is 8.35. The van der Waals surface area contributed by atoms with Crippen molar-refractivity contribution in [3.8, 4) is 0 Å². The number of rotatable bonds is 9. The third kappa shape index (κ3) is 5.17. The molecule has 7 nitrogen and oxygen atoms in total. The van der Waals surface area contributed by atoms with E-state index in [0.717, 1.165) is 12.1 Å². The second kappa shape index (κ2) is 9.79. The van der Waals surface area contributed by atoms with E-state index in [0.29, 0.717) is 15.1 Å². The number of anilines is 1. The molecule has 1 aliphatic rings. The zero-order chi connectivity index (χ0) is 19.9. The monoisotopic (exact) mass is 416 g/mol. The largest absolute Gasteiger partial charge is 0.375 e. The SMILES string of the molecule is CCCCCCN(C)c1ccc(C=C2SC(=S)N(Cc3nn[nH]n3)C2=O)cc1. The van der Waals surface area contributed by atoms with Gasteiger partial charge in [0.05, 0.1) is 11.4 Å². The number of thioether (sulfide) groups is 1. The Hall–Kier alpha value is -2.26.